The summed E-state index contributed by atoms with van der Waals surface area (Å²) < 4.78 is 10.9. The van der Waals surface area contributed by atoms with Crippen LogP contribution in [-0.4, -0.2) is 41.2 Å². The van der Waals surface area contributed by atoms with Gasteiger partial charge in [0.05, 0.1) is 31.1 Å². The van der Waals surface area contributed by atoms with E-state index in [0.717, 1.165) is 32.5 Å². The highest BCUT2D eigenvalue weighted by atomic mass is 16.5. The molecule has 6 nitrogen and oxygen atoms in total. The van der Waals surface area contributed by atoms with E-state index in [-0.39, 0.29) is 6.10 Å². The van der Waals surface area contributed by atoms with Gasteiger partial charge in [0.25, 0.3) is 0 Å². The van der Waals surface area contributed by atoms with Crippen molar-refractivity contribution >= 4 is 0 Å². The number of hydrogen-bond acceptors (Lipinski definition) is 6. The maximum Gasteiger partial charge on any atom is 0.316 e. The molecule has 0 saturated carbocycles. The van der Waals surface area contributed by atoms with Gasteiger partial charge in [-0.1, -0.05) is 12.1 Å². The van der Waals surface area contributed by atoms with Crippen LogP contribution in [0.15, 0.2) is 36.7 Å². The smallest absolute Gasteiger partial charge is 0.316 e. The molecule has 1 aromatic carbocycles. The van der Waals surface area contributed by atoms with E-state index in [1.807, 2.05) is 24.3 Å². The van der Waals surface area contributed by atoms with E-state index in [9.17, 15) is 0 Å². The third-order valence-corrected chi connectivity index (χ3v) is 4.06. The van der Waals surface area contributed by atoms with Crippen molar-refractivity contribution in [2.45, 2.75) is 25.5 Å². The molecule has 2 aromatic rings. The predicted molar refractivity (Wildman–Crippen MR) is 88.7 cm³/mol. The van der Waals surface area contributed by atoms with Crippen LogP contribution in [-0.2, 0) is 6.54 Å². The van der Waals surface area contributed by atoms with Gasteiger partial charge in [-0.3, -0.25) is 4.90 Å². The van der Waals surface area contributed by atoms with Crippen molar-refractivity contribution in [3.63, 3.8) is 0 Å². The maximum absolute atomic E-state index is 8.86. The first-order chi connectivity index (χ1) is 11.8. The van der Waals surface area contributed by atoms with Gasteiger partial charge in [-0.05, 0) is 37.1 Å². The van der Waals surface area contributed by atoms with Crippen molar-refractivity contribution in [1.82, 2.24) is 14.9 Å². The lowest BCUT2D eigenvalue weighted by Gasteiger charge is -2.32. The van der Waals surface area contributed by atoms with Crippen molar-refractivity contribution in [2.75, 3.05) is 20.2 Å². The highest BCUT2D eigenvalue weighted by Crippen LogP contribution is 2.18. The van der Waals surface area contributed by atoms with Crippen LogP contribution in [0, 0.1) is 11.3 Å². The van der Waals surface area contributed by atoms with Crippen LogP contribution in [0.25, 0.3) is 0 Å². The van der Waals surface area contributed by atoms with Crippen LogP contribution in [0.2, 0.25) is 0 Å². The Balaban J connectivity index is 1.56. The quantitative estimate of drug-likeness (QED) is 0.841. The Labute approximate surface area is 141 Å². The molecular weight excluding hydrogens is 304 g/mol. The number of piperidine rings is 1. The van der Waals surface area contributed by atoms with Crippen molar-refractivity contribution in [2.24, 2.45) is 0 Å². The Kier molecular flexibility index (Phi) is 5.24. The van der Waals surface area contributed by atoms with E-state index in [2.05, 4.69) is 20.9 Å². The highest BCUT2D eigenvalue weighted by molar-refractivity contribution is 5.31. The average molecular weight is 324 g/mol. The summed E-state index contributed by atoms with van der Waals surface area (Å²) in [6.07, 6.45) is 5.39. The van der Waals surface area contributed by atoms with Gasteiger partial charge >= 0.3 is 6.01 Å². The summed E-state index contributed by atoms with van der Waals surface area (Å²) in [7, 11) is 1.58. The van der Waals surface area contributed by atoms with Crippen LogP contribution in [0.1, 0.15) is 24.0 Å². The fourth-order valence-electron chi connectivity index (χ4n) is 2.82. The number of likely N-dealkylation sites (tertiary alicyclic amines) is 1. The molecule has 24 heavy (non-hydrogen) atoms. The van der Waals surface area contributed by atoms with E-state index < -0.39 is 0 Å². The van der Waals surface area contributed by atoms with Crippen LogP contribution in [0.4, 0.5) is 0 Å². The van der Waals surface area contributed by atoms with Crippen LogP contribution in [0.5, 0.6) is 11.8 Å². The second kappa shape index (κ2) is 7.75. The Morgan fingerprint density at radius 1 is 1.25 bits per heavy atom. The van der Waals surface area contributed by atoms with E-state index in [1.165, 1.54) is 5.56 Å². The molecule has 124 valence electrons. The number of nitrogens with zero attached hydrogens (tertiary/aromatic N) is 4. The standard InChI is InChI=1S/C18H20N4O2/c1-23-17-10-20-18(21-11-17)24-16-3-2-8-22(13-16)12-15-6-4-14(9-19)5-7-15/h4-7,10-11,16H,2-3,8,12-13H2,1H3. The zero-order chi connectivity index (χ0) is 16.8. The predicted octanol–water partition coefficient (Wildman–Crippen LogP) is 2.40. The second-order valence-electron chi connectivity index (χ2n) is 5.83. The lowest BCUT2D eigenvalue weighted by atomic mass is 10.1. The molecule has 2 heterocycles. The molecule has 1 aliphatic heterocycles. The lowest BCUT2D eigenvalue weighted by Crippen LogP contribution is -2.40. The number of ether oxygens (including phenoxy) is 2. The Bertz CT molecular complexity index is 694. The molecule has 1 unspecified atom stereocenters. The maximum atomic E-state index is 8.86. The summed E-state index contributed by atoms with van der Waals surface area (Å²) >= 11 is 0. The minimum atomic E-state index is 0.0885. The van der Waals surface area contributed by atoms with Crippen molar-refractivity contribution in [3.05, 3.63) is 47.8 Å². The van der Waals surface area contributed by atoms with Gasteiger partial charge in [-0.2, -0.15) is 15.2 Å². The molecule has 0 bridgehead atoms. The molecule has 1 aromatic heterocycles. The van der Waals surface area contributed by atoms with Crippen molar-refractivity contribution in [3.8, 4) is 17.8 Å². The molecule has 1 aliphatic rings. The molecular formula is C18H20N4O2. The summed E-state index contributed by atoms with van der Waals surface area (Å²) in [5.41, 5.74) is 1.89. The van der Waals surface area contributed by atoms with Gasteiger partial charge in [0.15, 0.2) is 5.75 Å². The minimum absolute atomic E-state index is 0.0885. The van der Waals surface area contributed by atoms with E-state index in [1.54, 1.807) is 19.5 Å². The third-order valence-electron chi connectivity index (χ3n) is 4.06. The molecule has 0 radical (unpaired) electrons. The summed E-state index contributed by atoms with van der Waals surface area (Å²) in [5, 5.41) is 8.86. The molecule has 3 rings (SSSR count). The van der Waals surface area contributed by atoms with Gasteiger partial charge in [0, 0.05) is 13.1 Å². The van der Waals surface area contributed by atoms with Crippen molar-refractivity contribution < 1.29 is 9.47 Å². The first kappa shape index (κ1) is 16.2. The molecule has 6 heteroatoms. The SMILES string of the molecule is COc1cnc(OC2CCCN(Cc3ccc(C#N)cc3)C2)nc1. The van der Waals surface area contributed by atoms with Gasteiger partial charge < -0.3 is 9.47 Å². The average Bonchev–Trinajstić information content (AvgIpc) is 2.63. The topological polar surface area (TPSA) is 71.3 Å². The second-order valence-corrected chi connectivity index (χ2v) is 5.83. The van der Waals surface area contributed by atoms with E-state index in [0.29, 0.717) is 17.3 Å². The zero-order valence-electron chi connectivity index (χ0n) is 13.7. The van der Waals surface area contributed by atoms with Gasteiger partial charge in [0.1, 0.15) is 6.10 Å². The first-order valence-corrected chi connectivity index (χ1v) is 8.01. The van der Waals surface area contributed by atoms with Gasteiger partial charge in [0.2, 0.25) is 0 Å². The Morgan fingerprint density at radius 3 is 2.67 bits per heavy atom. The van der Waals surface area contributed by atoms with Crippen LogP contribution in [0.3, 0.4) is 0 Å². The highest BCUT2D eigenvalue weighted by Gasteiger charge is 2.22. The van der Waals surface area contributed by atoms with Gasteiger partial charge in [-0.15, -0.1) is 0 Å². The van der Waals surface area contributed by atoms with E-state index >= 15 is 0 Å². The Morgan fingerprint density at radius 2 is 2.00 bits per heavy atom. The molecule has 0 amide bonds. The Hall–Kier alpha value is -2.65. The van der Waals surface area contributed by atoms with E-state index in [4.69, 9.17) is 14.7 Å². The summed E-state index contributed by atoms with van der Waals surface area (Å²) in [4.78, 5) is 10.7. The van der Waals surface area contributed by atoms with Crippen LogP contribution >= 0.6 is 0 Å². The van der Waals surface area contributed by atoms with Crippen molar-refractivity contribution in [1.29, 1.82) is 5.26 Å². The summed E-state index contributed by atoms with van der Waals surface area (Å²) in [6.45, 7) is 2.74. The lowest BCUT2D eigenvalue weighted by molar-refractivity contribution is 0.0769. The summed E-state index contributed by atoms with van der Waals surface area (Å²) in [6, 6.07) is 10.3. The fraction of sp³-hybridized carbons (Fsp3) is 0.389. The number of hydrogen-bond donors (Lipinski definition) is 0. The number of aromatic nitrogens is 2. The first-order valence-electron chi connectivity index (χ1n) is 8.01. The monoisotopic (exact) mass is 324 g/mol. The molecule has 1 atom stereocenters. The molecule has 0 N–H and O–H groups in total. The zero-order valence-corrected chi connectivity index (χ0v) is 13.7. The summed E-state index contributed by atoms with van der Waals surface area (Å²) in [5.74, 6) is 0.619. The van der Waals surface area contributed by atoms with Crippen LogP contribution < -0.4 is 9.47 Å². The van der Waals surface area contributed by atoms with Gasteiger partial charge in [-0.25, -0.2) is 0 Å². The largest absolute Gasteiger partial charge is 0.494 e. The normalized spacial score (nSPS) is 17.9. The third kappa shape index (κ3) is 4.21. The molecule has 1 fully saturated rings. The molecule has 0 aliphatic carbocycles. The fourth-order valence-corrected chi connectivity index (χ4v) is 2.82. The number of rotatable bonds is 5. The minimum Gasteiger partial charge on any atom is -0.494 e. The number of benzene rings is 1. The number of methoxy groups -OCH3 is 1. The molecule has 1 saturated heterocycles. The number of nitriles is 1. The molecule has 0 spiro atoms.